The molecule has 1 aliphatic rings. The van der Waals surface area contributed by atoms with E-state index in [0.717, 1.165) is 5.56 Å². The molecule has 1 saturated heterocycles. The van der Waals surface area contributed by atoms with Crippen LogP contribution in [-0.2, 0) is 9.53 Å². The molecular weight excluding hydrogens is 364 g/mol. The summed E-state index contributed by atoms with van der Waals surface area (Å²) in [4.78, 5) is 27.3. The van der Waals surface area contributed by atoms with Gasteiger partial charge in [0.25, 0.3) is 11.8 Å². The smallest absolute Gasteiger partial charge is 0.270 e. The number of halogens is 1. The molecule has 0 atom stereocenters. The predicted octanol–water partition coefficient (Wildman–Crippen LogP) is 3.28. The van der Waals surface area contributed by atoms with Crippen LogP contribution in [0.15, 0.2) is 54.2 Å². The monoisotopic (exact) mass is 384 g/mol. The highest BCUT2D eigenvalue weighted by molar-refractivity contribution is 6.32. The van der Waals surface area contributed by atoms with Crippen LogP contribution in [0.3, 0.4) is 0 Å². The minimum atomic E-state index is -0.338. The summed E-state index contributed by atoms with van der Waals surface area (Å²) in [6.07, 6.45) is 1.62. The molecule has 2 amide bonds. The molecule has 0 unspecified atom stereocenters. The maximum atomic E-state index is 13.0. The van der Waals surface area contributed by atoms with E-state index in [9.17, 15) is 9.59 Å². The molecule has 6 heteroatoms. The summed E-state index contributed by atoms with van der Waals surface area (Å²) in [7, 11) is 0. The van der Waals surface area contributed by atoms with Crippen molar-refractivity contribution >= 4 is 29.5 Å². The van der Waals surface area contributed by atoms with Gasteiger partial charge in [-0.1, -0.05) is 47.5 Å². The van der Waals surface area contributed by atoms with E-state index in [-0.39, 0.29) is 17.5 Å². The largest absolute Gasteiger partial charge is 0.378 e. The highest BCUT2D eigenvalue weighted by Crippen LogP contribution is 2.19. The molecular formula is C21H21ClN2O3. The molecule has 0 spiro atoms. The number of carbonyl (C=O) groups is 2. The molecule has 0 aromatic heterocycles. The Bertz CT molecular complexity index is 856. The number of morpholine rings is 1. The molecule has 1 fully saturated rings. The predicted molar refractivity (Wildman–Crippen MR) is 105 cm³/mol. The van der Waals surface area contributed by atoms with Gasteiger partial charge < -0.3 is 15.0 Å². The molecule has 0 saturated carbocycles. The zero-order valence-electron chi connectivity index (χ0n) is 15.1. The van der Waals surface area contributed by atoms with Gasteiger partial charge in [0.15, 0.2) is 0 Å². The van der Waals surface area contributed by atoms with Crippen LogP contribution in [0.5, 0.6) is 0 Å². The Kier molecular flexibility index (Phi) is 6.27. The van der Waals surface area contributed by atoms with E-state index in [1.807, 2.05) is 31.2 Å². The lowest BCUT2D eigenvalue weighted by Gasteiger charge is -2.28. The standard InChI is InChI=1S/C21H21ClN2O3/c1-15-6-8-16(9-7-15)20(25)23-19(14-17-4-2-3-5-18(17)22)21(26)24-10-12-27-13-11-24/h2-9,14H,10-13H2,1H3,(H,23,25). The fraction of sp³-hybridized carbons (Fsp3) is 0.238. The van der Waals surface area contributed by atoms with E-state index >= 15 is 0 Å². The number of nitrogens with zero attached hydrogens (tertiary/aromatic N) is 1. The number of nitrogens with one attached hydrogen (secondary N) is 1. The zero-order valence-corrected chi connectivity index (χ0v) is 15.8. The first-order valence-electron chi connectivity index (χ1n) is 8.76. The van der Waals surface area contributed by atoms with E-state index < -0.39 is 0 Å². The van der Waals surface area contributed by atoms with Crippen molar-refractivity contribution in [3.05, 3.63) is 75.9 Å². The van der Waals surface area contributed by atoms with Crippen LogP contribution in [0, 0.1) is 6.92 Å². The Hall–Kier alpha value is -2.63. The first-order chi connectivity index (χ1) is 13.0. The van der Waals surface area contributed by atoms with Gasteiger partial charge in [0.1, 0.15) is 5.70 Å². The average Bonchev–Trinajstić information content (AvgIpc) is 2.69. The van der Waals surface area contributed by atoms with Crippen LogP contribution in [0.4, 0.5) is 0 Å². The van der Waals surface area contributed by atoms with E-state index in [0.29, 0.717) is 42.5 Å². The Labute approximate surface area is 163 Å². The number of hydrogen-bond acceptors (Lipinski definition) is 3. The van der Waals surface area contributed by atoms with Gasteiger partial charge in [-0.3, -0.25) is 9.59 Å². The summed E-state index contributed by atoms with van der Waals surface area (Å²) in [6, 6.07) is 14.4. The molecule has 0 radical (unpaired) electrons. The summed E-state index contributed by atoms with van der Waals surface area (Å²) >= 11 is 6.23. The first kappa shape index (κ1) is 19.1. The second kappa shape index (κ2) is 8.84. The SMILES string of the molecule is Cc1ccc(C(=O)NC(=Cc2ccccc2Cl)C(=O)N2CCOCC2)cc1. The third-order valence-electron chi connectivity index (χ3n) is 4.30. The molecule has 1 aliphatic heterocycles. The molecule has 0 bridgehead atoms. The van der Waals surface area contributed by atoms with Crippen molar-refractivity contribution in [2.24, 2.45) is 0 Å². The fourth-order valence-electron chi connectivity index (χ4n) is 2.74. The van der Waals surface area contributed by atoms with Crippen LogP contribution in [0.2, 0.25) is 5.02 Å². The van der Waals surface area contributed by atoms with Crippen molar-refractivity contribution in [3.8, 4) is 0 Å². The number of carbonyl (C=O) groups excluding carboxylic acids is 2. The Morgan fingerprint density at radius 2 is 1.74 bits per heavy atom. The minimum Gasteiger partial charge on any atom is -0.378 e. The average molecular weight is 385 g/mol. The lowest BCUT2D eigenvalue weighted by molar-refractivity contribution is -0.131. The number of amides is 2. The number of hydrogen-bond donors (Lipinski definition) is 1. The quantitative estimate of drug-likeness (QED) is 0.823. The van der Waals surface area contributed by atoms with Crippen molar-refractivity contribution in [1.29, 1.82) is 0 Å². The Balaban J connectivity index is 1.89. The summed E-state index contributed by atoms with van der Waals surface area (Å²) in [5.74, 6) is -0.589. The van der Waals surface area contributed by atoms with Gasteiger partial charge in [0.2, 0.25) is 0 Å². The lowest BCUT2D eigenvalue weighted by atomic mass is 10.1. The Morgan fingerprint density at radius 1 is 1.07 bits per heavy atom. The van der Waals surface area contributed by atoms with Crippen molar-refractivity contribution in [3.63, 3.8) is 0 Å². The van der Waals surface area contributed by atoms with Crippen LogP contribution in [0.25, 0.3) is 6.08 Å². The molecule has 0 aliphatic carbocycles. The molecule has 2 aromatic carbocycles. The minimum absolute atomic E-state index is 0.190. The van der Waals surface area contributed by atoms with E-state index in [1.54, 1.807) is 35.2 Å². The first-order valence-corrected chi connectivity index (χ1v) is 9.13. The third-order valence-corrected chi connectivity index (χ3v) is 4.64. The fourth-order valence-corrected chi connectivity index (χ4v) is 2.93. The summed E-state index contributed by atoms with van der Waals surface area (Å²) < 4.78 is 5.31. The lowest BCUT2D eigenvalue weighted by Crippen LogP contribution is -2.44. The molecule has 140 valence electrons. The zero-order chi connectivity index (χ0) is 19.2. The van der Waals surface area contributed by atoms with Crippen molar-refractivity contribution in [2.75, 3.05) is 26.3 Å². The van der Waals surface area contributed by atoms with Gasteiger partial charge in [0, 0.05) is 23.7 Å². The maximum absolute atomic E-state index is 13.0. The Morgan fingerprint density at radius 3 is 2.41 bits per heavy atom. The molecule has 1 N–H and O–H groups in total. The molecule has 27 heavy (non-hydrogen) atoms. The number of benzene rings is 2. The van der Waals surface area contributed by atoms with Gasteiger partial charge >= 0.3 is 0 Å². The second-order valence-electron chi connectivity index (χ2n) is 6.30. The van der Waals surface area contributed by atoms with Gasteiger partial charge in [-0.2, -0.15) is 0 Å². The van der Waals surface area contributed by atoms with Crippen molar-refractivity contribution < 1.29 is 14.3 Å². The van der Waals surface area contributed by atoms with Crippen LogP contribution in [-0.4, -0.2) is 43.0 Å². The number of ether oxygens (including phenoxy) is 1. The third kappa shape index (κ3) is 4.96. The van der Waals surface area contributed by atoms with Gasteiger partial charge in [0.05, 0.1) is 13.2 Å². The van der Waals surface area contributed by atoms with Crippen LogP contribution >= 0.6 is 11.6 Å². The normalized spacial score (nSPS) is 14.7. The molecule has 5 nitrogen and oxygen atoms in total. The molecule has 1 heterocycles. The molecule has 3 rings (SSSR count). The van der Waals surface area contributed by atoms with Crippen molar-refractivity contribution in [1.82, 2.24) is 10.2 Å². The van der Waals surface area contributed by atoms with E-state index in [1.165, 1.54) is 0 Å². The highest BCUT2D eigenvalue weighted by Gasteiger charge is 2.23. The van der Waals surface area contributed by atoms with Gasteiger partial charge in [-0.15, -0.1) is 0 Å². The van der Waals surface area contributed by atoms with Gasteiger partial charge in [-0.25, -0.2) is 0 Å². The van der Waals surface area contributed by atoms with E-state index in [4.69, 9.17) is 16.3 Å². The molecule has 2 aromatic rings. The summed E-state index contributed by atoms with van der Waals surface area (Å²) in [6.45, 7) is 3.89. The van der Waals surface area contributed by atoms with Gasteiger partial charge in [-0.05, 0) is 36.8 Å². The summed E-state index contributed by atoms with van der Waals surface area (Å²) in [5.41, 5.74) is 2.40. The van der Waals surface area contributed by atoms with Crippen LogP contribution < -0.4 is 5.32 Å². The summed E-state index contributed by atoms with van der Waals surface area (Å²) in [5, 5.41) is 3.27. The maximum Gasteiger partial charge on any atom is 0.270 e. The number of aryl methyl sites for hydroxylation is 1. The van der Waals surface area contributed by atoms with Crippen molar-refractivity contribution in [2.45, 2.75) is 6.92 Å². The second-order valence-corrected chi connectivity index (χ2v) is 6.71. The number of rotatable bonds is 4. The topological polar surface area (TPSA) is 58.6 Å². The highest BCUT2D eigenvalue weighted by atomic mass is 35.5. The van der Waals surface area contributed by atoms with E-state index in [2.05, 4.69) is 5.32 Å². The van der Waals surface area contributed by atoms with Crippen LogP contribution in [0.1, 0.15) is 21.5 Å².